The molecule has 0 rings (SSSR count). The maximum atomic E-state index is 11.3. The van der Waals surface area contributed by atoms with Gasteiger partial charge in [0.1, 0.15) is 0 Å². The summed E-state index contributed by atoms with van der Waals surface area (Å²) in [6.07, 6.45) is 2.23. The molecule has 0 aromatic heterocycles. The second-order valence-corrected chi connectivity index (χ2v) is 5.37. The third-order valence-electron chi connectivity index (χ3n) is 2.31. The first kappa shape index (κ1) is 18.1. The van der Waals surface area contributed by atoms with Gasteiger partial charge in [-0.3, -0.25) is 14.4 Å². The minimum Gasteiger partial charge on any atom is -0.355 e. The molecule has 0 aliphatic carbocycles. The molecular formula is C11H18I2N2O3. The molecule has 0 spiro atoms. The number of amides is 2. The second kappa shape index (κ2) is 10.9. The van der Waals surface area contributed by atoms with Crippen molar-refractivity contribution >= 4 is 62.8 Å². The van der Waals surface area contributed by atoms with Crippen molar-refractivity contribution in [3.63, 3.8) is 0 Å². The molecule has 2 amide bonds. The van der Waals surface area contributed by atoms with Crippen LogP contribution in [0.1, 0.15) is 26.2 Å². The van der Waals surface area contributed by atoms with E-state index in [-0.39, 0.29) is 17.6 Å². The van der Waals surface area contributed by atoms with E-state index in [1.165, 1.54) is 6.92 Å². The number of Topliss-reactive ketones (excluding diaryl/α,β-unsaturated/α-hetero) is 1. The highest BCUT2D eigenvalue weighted by Crippen LogP contribution is 2.02. The number of carbonyl (C=O) groups excluding carboxylic acids is 3. The summed E-state index contributed by atoms with van der Waals surface area (Å²) in [7, 11) is 0. The lowest BCUT2D eigenvalue weighted by atomic mass is 10.1. The molecule has 2 N–H and O–H groups in total. The van der Waals surface area contributed by atoms with E-state index in [4.69, 9.17) is 0 Å². The molecule has 0 saturated carbocycles. The predicted octanol–water partition coefficient (Wildman–Crippen LogP) is 1.22. The topological polar surface area (TPSA) is 75.3 Å². The van der Waals surface area contributed by atoms with Crippen LogP contribution in [0.15, 0.2) is 0 Å². The summed E-state index contributed by atoms with van der Waals surface area (Å²) in [5.41, 5.74) is 0. The number of carbonyl (C=O) groups is 3. The second-order valence-electron chi connectivity index (χ2n) is 3.84. The zero-order valence-corrected chi connectivity index (χ0v) is 14.6. The Morgan fingerprint density at radius 3 is 2.17 bits per heavy atom. The lowest BCUT2D eigenvalue weighted by Crippen LogP contribution is -2.40. The Morgan fingerprint density at radius 1 is 1.06 bits per heavy atom. The van der Waals surface area contributed by atoms with Gasteiger partial charge in [-0.05, 0) is 26.2 Å². The third kappa shape index (κ3) is 9.06. The Bertz CT molecular complexity index is 298. The fraction of sp³-hybridized carbons (Fsp3) is 0.727. The third-order valence-corrected chi connectivity index (χ3v) is 3.70. The van der Waals surface area contributed by atoms with E-state index in [1.807, 2.05) is 45.2 Å². The molecule has 104 valence electrons. The van der Waals surface area contributed by atoms with Crippen LogP contribution in [0.4, 0.5) is 0 Å². The van der Waals surface area contributed by atoms with Crippen LogP contribution in [-0.2, 0) is 14.4 Å². The van der Waals surface area contributed by atoms with E-state index < -0.39 is 6.04 Å². The molecule has 0 aliphatic rings. The highest BCUT2D eigenvalue weighted by Gasteiger charge is 2.15. The fourth-order valence-electron chi connectivity index (χ4n) is 1.36. The van der Waals surface area contributed by atoms with Crippen molar-refractivity contribution in [3.05, 3.63) is 0 Å². The highest BCUT2D eigenvalue weighted by molar-refractivity contribution is 14.1. The molecule has 0 fully saturated rings. The average molecular weight is 480 g/mol. The first-order valence-corrected chi connectivity index (χ1v) is 8.74. The minimum atomic E-state index is -0.396. The van der Waals surface area contributed by atoms with E-state index in [0.717, 1.165) is 12.8 Å². The monoisotopic (exact) mass is 480 g/mol. The van der Waals surface area contributed by atoms with Gasteiger partial charge >= 0.3 is 0 Å². The van der Waals surface area contributed by atoms with Crippen LogP contribution >= 0.6 is 45.2 Å². The van der Waals surface area contributed by atoms with E-state index in [0.29, 0.717) is 21.8 Å². The van der Waals surface area contributed by atoms with Gasteiger partial charge in [0, 0.05) is 6.54 Å². The first-order valence-electron chi connectivity index (χ1n) is 5.69. The largest absolute Gasteiger partial charge is 0.355 e. The molecule has 0 radical (unpaired) electrons. The summed E-state index contributed by atoms with van der Waals surface area (Å²) < 4.78 is 0.812. The summed E-state index contributed by atoms with van der Waals surface area (Å²) >= 11 is 3.97. The van der Waals surface area contributed by atoms with Gasteiger partial charge in [-0.1, -0.05) is 45.2 Å². The van der Waals surface area contributed by atoms with Crippen molar-refractivity contribution in [2.24, 2.45) is 0 Å². The summed E-state index contributed by atoms with van der Waals surface area (Å²) in [6.45, 7) is 2.10. The van der Waals surface area contributed by atoms with Crippen molar-refractivity contribution in [2.75, 3.05) is 15.4 Å². The normalized spacial score (nSPS) is 11.7. The number of nitrogens with one attached hydrogen (secondary N) is 2. The molecule has 18 heavy (non-hydrogen) atoms. The number of rotatable bonds is 9. The van der Waals surface area contributed by atoms with Gasteiger partial charge in [0.15, 0.2) is 5.78 Å². The van der Waals surface area contributed by atoms with E-state index in [1.54, 1.807) is 0 Å². The van der Waals surface area contributed by atoms with Gasteiger partial charge in [-0.2, -0.15) is 0 Å². The molecular weight excluding hydrogens is 462 g/mol. The van der Waals surface area contributed by atoms with E-state index in [9.17, 15) is 14.4 Å². The van der Waals surface area contributed by atoms with Crippen LogP contribution < -0.4 is 10.6 Å². The maximum absolute atomic E-state index is 11.3. The lowest BCUT2D eigenvalue weighted by Gasteiger charge is -2.15. The molecule has 0 saturated heterocycles. The molecule has 0 heterocycles. The Balaban J connectivity index is 3.81. The fourth-order valence-corrected chi connectivity index (χ4v) is 1.85. The van der Waals surface area contributed by atoms with Crippen molar-refractivity contribution in [1.82, 2.24) is 10.6 Å². The van der Waals surface area contributed by atoms with Gasteiger partial charge in [0.2, 0.25) is 11.8 Å². The minimum absolute atomic E-state index is 0.0236. The Labute approximate surface area is 134 Å². The molecule has 0 aromatic rings. The van der Waals surface area contributed by atoms with Gasteiger partial charge in [0.05, 0.1) is 14.9 Å². The van der Waals surface area contributed by atoms with Gasteiger partial charge in [0.25, 0.3) is 0 Å². The lowest BCUT2D eigenvalue weighted by molar-refractivity contribution is -0.125. The standard InChI is InChI=1S/C11H18I2N2O3/c1-8(16)9(15-11(18)7-13)4-2-3-5-14-10(17)6-12/h9H,2-7H2,1H3,(H,14,17)(H,15,18)/t9-/m0/s1. The molecule has 0 unspecified atom stereocenters. The zero-order valence-electron chi connectivity index (χ0n) is 10.3. The molecule has 1 atom stereocenters. The number of unbranched alkanes of at least 4 members (excludes halogenated alkanes) is 1. The molecule has 0 aromatic carbocycles. The maximum Gasteiger partial charge on any atom is 0.230 e. The van der Waals surface area contributed by atoms with Gasteiger partial charge in [-0.15, -0.1) is 0 Å². The van der Waals surface area contributed by atoms with Crippen LogP contribution in [0.3, 0.4) is 0 Å². The van der Waals surface area contributed by atoms with Crippen molar-refractivity contribution in [2.45, 2.75) is 32.2 Å². The summed E-state index contributed by atoms with van der Waals surface area (Å²) in [6, 6.07) is -0.396. The molecule has 0 aliphatic heterocycles. The van der Waals surface area contributed by atoms with Crippen LogP contribution in [0, 0.1) is 0 Å². The van der Waals surface area contributed by atoms with Crippen molar-refractivity contribution in [1.29, 1.82) is 0 Å². The Morgan fingerprint density at radius 2 is 1.67 bits per heavy atom. The number of alkyl halides is 2. The molecule has 5 nitrogen and oxygen atoms in total. The van der Waals surface area contributed by atoms with Crippen LogP contribution in [0.25, 0.3) is 0 Å². The average Bonchev–Trinajstić information content (AvgIpc) is 2.35. The summed E-state index contributed by atoms with van der Waals surface area (Å²) in [5.74, 6) is -0.115. The van der Waals surface area contributed by atoms with Crippen molar-refractivity contribution < 1.29 is 14.4 Å². The van der Waals surface area contributed by atoms with E-state index in [2.05, 4.69) is 10.6 Å². The van der Waals surface area contributed by atoms with Gasteiger partial charge < -0.3 is 10.6 Å². The highest BCUT2D eigenvalue weighted by atomic mass is 127. The zero-order chi connectivity index (χ0) is 14.0. The summed E-state index contributed by atoms with van der Waals surface area (Å²) in [4.78, 5) is 33.5. The first-order chi connectivity index (χ1) is 8.51. The number of ketones is 1. The Hall–Kier alpha value is 0.0700. The van der Waals surface area contributed by atoms with E-state index >= 15 is 0 Å². The SMILES string of the molecule is CC(=O)[C@H](CCCCNC(=O)CI)NC(=O)CI. The number of hydrogen-bond donors (Lipinski definition) is 2. The smallest absolute Gasteiger partial charge is 0.230 e. The van der Waals surface area contributed by atoms with Crippen LogP contribution in [-0.4, -0.2) is 39.0 Å². The Kier molecular flexibility index (Phi) is 11.0. The van der Waals surface area contributed by atoms with Crippen LogP contribution in [0.5, 0.6) is 0 Å². The van der Waals surface area contributed by atoms with Crippen LogP contribution in [0.2, 0.25) is 0 Å². The number of halogens is 2. The van der Waals surface area contributed by atoms with Crippen molar-refractivity contribution in [3.8, 4) is 0 Å². The molecule has 7 heteroatoms. The van der Waals surface area contributed by atoms with Gasteiger partial charge in [-0.25, -0.2) is 0 Å². The predicted molar refractivity (Wildman–Crippen MR) is 87.2 cm³/mol. The number of hydrogen-bond acceptors (Lipinski definition) is 3. The quantitative estimate of drug-likeness (QED) is 0.296. The molecule has 0 bridgehead atoms. The summed E-state index contributed by atoms with van der Waals surface area (Å²) in [5, 5.41) is 5.46.